The summed E-state index contributed by atoms with van der Waals surface area (Å²) in [5.41, 5.74) is -1.03. The lowest BCUT2D eigenvalue weighted by molar-refractivity contribution is -0.0182. The molecule has 1 N–H and O–H groups in total. The lowest BCUT2D eigenvalue weighted by Gasteiger charge is -2.52. The number of hydrogen-bond acceptors (Lipinski definition) is 2. The maximum atomic E-state index is 12.5. The molecule has 2 amide bonds. The predicted octanol–water partition coefficient (Wildman–Crippen LogP) is 3.09. The largest absolute Gasteiger partial charge is 0.371 e. The summed E-state index contributed by atoms with van der Waals surface area (Å²) in [7, 11) is 1.75. The Morgan fingerprint density at radius 1 is 1.32 bits per heavy atom. The van der Waals surface area contributed by atoms with Crippen molar-refractivity contribution in [2.75, 3.05) is 11.9 Å². The molecule has 1 heterocycles. The zero-order chi connectivity index (χ0) is 14.4. The predicted molar refractivity (Wildman–Crippen MR) is 76.4 cm³/mol. The van der Waals surface area contributed by atoms with Gasteiger partial charge < -0.3 is 10.0 Å². The molecule has 1 aromatic carbocycles. The van der Waals surface area contributed by atoms with Gasteiger partial charge in [-0.3, -0.25) is 4.90 Å². The molecule has 0 unspecified atom stereocenters. The van der Waals surface area contributed by atoms with Gasteiger partial charge in [0, 0.05) is 29.7 Å². The van der Waals surface area contributed by atoms with Crippen LogP contribution in [0.4, 0.5) is 10.5 Å². The van der Waals surface area contributed by atoms with Crippen LogP contribution in [0.3, 0.4) is 0 Å². The Hall–Kier alpha value is -1.26. The number of anilines is 1. The summed E-state index contributed by atoms with van der Waals surface area (Å²) in [5.74, 6) is 0. The van der Waals surface area contributed by atoms with Crippen molar-refractivity contribution in [2.45, 2.75) is 38.5 Å². The zero-order valence-corrected chi connectivity index (χ0v) is 12.4. The smallest absolute Gasteiger partial charge is 0.327 e. The first-order valence-electron chi connectivity index (χ1n) is 6.21. The van der Waals surface area contributed by atoms with Crippen LogP contribution in [-0.4, -0.2) is 34.3 Å². The number of hydrogen-bond donors (Lipinski definition) is 1. The molecule has 1 aliphatic rings. The molecule has 0 spiro atoms. The van der Waals surface area contributed by atoms with Crippen LogP contribution in [0.15, 0.2) is 24.3 Å². The van der Waals surface area contributed by atoms with Crippen LogP contribution in [0.5, 0.6) is 0 Å². The van der Waals surface area contributed by atoms with E-state index in [1.54, 1.807) is 43.1 Å². The molecular weight excluding hydrogens is 264 g/mol. The Morgan fingerprint density at radius 3 is 2.53 bits per heavy atom. The second-order valence-electron chi connectivity index (χ2n) is 5.86. The molecule has 1 atom stereocenters. The van der Waals surface area contributed by atoms with E-state index in [0.29, 0.717) is 17.1 Å². The van der Waals surface area contributed by atoms with Crippen LogP contribution in [-0.2, 0) is 0 Å². The highest BCUT2D eigenvalue weighted by Crippen LogP contribution is 2.38. The minimum atomic E-state index is -1.24. The van der Waals surface area contributed by atoms with Gasteiger partial charge in [0.1, 0.15) is 5.72 Å². The second kappa shape index (κ2) is 4.39. The van der Waals surface area contributed by atoms with Crippen LogP contribution in [0.1, 0.15) is 27.2 Å². The highest BCUT2D eigenvalue weighted by molar-refractivity contribution is 6.30. The molecule has 1 aromatic rings. The monoisotopic (exact) mass is 282 g/mol. The molecule has 0 aliphatic carbocycles. The van der Waals surface area contributed by atoms with Crippen molar-refractivity contribution in [3.63, 3.8) is 0 Å². The summed E-state index contributed by atoms with van der Waals surface area (Å²) < 4.78 is 0. The van der Waals surface area contributed by atoms with Gasteiger partial charge in [0.2, 0.25) is 0 Å². The van der Waals surface area contributed by atoms with Crippen molar-refractivity contribution in [2.24, 2.45) is 0 Å². The van der Waals surface area contributed by atoms with Gasteiger partial charge in [-0.25, -0.2) is 4.79 Å². The first-order chi connectivity index (χ1) is 8.65. The average molecular weight is 283 g/mol. The van der Waals surface area contributed by atoms with Crippen molar-refractivity contribution in [3.05, 3.63) is 29.3 Å². The fourth-order valence-electron chi connectivity index (χ4n) is 2.64. The third-order valence-electron chi connectivity index (χ3n) is 3.70. The summed E-state index contributed by atoms with van der Waals surface area (Å²) in [6.45, 7) is 5.53. The Bertz CT molecular complexity index is 514. The molecule has 0 radical (unpaired) electrons. The summed E-state index contributed by atoms with van der Waals surface area (Å²) in [4.78, 5) is 15.6. The number of aliphatic hydroxyl groups is 1. The van der Waals surface area contributed by atoms with E-state index in [1.165, 1.54) is 4.90 Å². The number of urea groups is 1. The van der Waals surface area contributed by atoms with Crippen LogP contribution >= 0.6 is 11.6 Å². The summed E-state index contributed by atoms with van der Waals surface area (Å²) in [6, 6.07) is 6.72. The molecule has 0 saturated carbocycles. The Kier molecular flexibility index (Phi) is 3.27. The summed E-state index contributed by atoms with van der Waals surface area (Å²) >= 11 is 5.96. The molecule has 1 fully saturated rings. The Morgan fingerprint density at radius 2 is 1.95 bits per heavy atom. The van der Waals surface area contributed by atoms with Gasteiger partial charge in [-0.05, 0) is 39.0 Å². The lowest BCUT2D eigenvalue weighted by atomic mass is 9.88. The first kappa shape index (κ1) is 14.2. The molecule has 19 heavy (non-hydrogen) atoms. The van der Waals surface area contributed by atoms with Gasteiger partial charge in [-0.15, -0.1) is 0 Å². The van der Waals surface area contributed by atoms with E-state index in [4.69, 9.17) is 11.6 Å². The maximum Gasteiger partial charge on any atom is 0.327 e. The first-order valence-corrected chi connectivity index (χ1v) is 6.59. The molecule has 5 heteroatoms. The molecule has 0 bridgehead atoms. The highest BCUT2D eigenvalue weighted by Gasteiger charge is 2.48. The number of nitrogens with zero attached hydrogens (tertiary/aromatic N) is 2. The van der Waals surface area contributed by atoms with Gasteiger partial charge in [-0.1, -0.05) is 17.7 Å². The van der Waals surface area contributed by atoms with Crippen LogP contribution in [0.25, 0.3) is 0 Å². The fourth-order valence-corrected chi connectivity index (χ4v) is 2.82. The summed E-state index contributed by atoms with van der Waals surface area (Å²) in [6.07, 6.45) is 0.453. The van der Waals surface area contributed by atoms with Gasteiger partial charge in [0.05, 0.1) is 0 Å². The summed E-state index contributed by atoms with van der Waals surface area (Å²) in [5, 5.41) is 11.2. The highest BCUT2D eigenvalue weighted by atomic mass is 35.5. The van der Waals surface area contributed by atoms with Crippen molar-refractivity contribution in [1.82, 2.24) is 4.90 Å². The minimum absolute atomic E-state index is 0.233. The van der Waals surface area contributed by atoms with E-state index >= 15 is 0 Å². The second-order valence-corrected chi connectivity index (χ2v) is 6.30. The van der Waals surface area contributed by atoms with Crippen LogP contribution in [0.2, 0.25) is 5.02 Å². The lowest BCUT2D eigenvalue weighted by Crippen LogP contribution is -2.67. The van der Waals surface area contributed by atoms with E-state index in [-0.39, 0.29) is 6.03 Å². The van der Waals surface area contributed by atoms with Gasteiger partial charge >= 0.3 is 6.03 Å². The third kappa shape index (κ3) is 2.42. The van der Waals surface area contributed by atoms with E-state index in [2.05, 4.69) is 0 Å². The number of halogens is 1. The van der Waals surface area contributed by atoms with Crippen LogP contribution in [0, 0.1) is 0 Å². The normalized spacial score (nSPS) is 26.7. The molecular formula is C14H19ClN2O2. The zero-order valence-electron chi connectivity index (χ0n) is 11.6. The maximum absolute atomic E-state index is 12.5. The molecule has 4 nitrogen and oxygen atoms in total. The van der Waals surface area contributed by atoms with Crippen molar-refractivity contribution < 1.29 is 9.90 Å². The van der Waals surface area contributed by atoms with Crippen LogP contribution < -0.4 is 4.90 Å². The van der Waals surface area contributed by atoms with Crippen molar-refractivity contribution >= 4 is 23.3 Å². The molecule has 1 aliphatic heterocycles. The number of carbonyl (C=O) groups is 1. The van der Waals surface area contributed by atoms with E-state index < -0.39 is 11.3 Å². The molecule has 2 rings (SSSR count). The minimum Gasteiger partial charge on any atom is -0.371 e. The number of benzene rings is 1. The van der Waals surface area contributed by atoms with E-state index in [1.807, 2.05) is 13.8 Å². The number of amides is 2. The quantitative estimate of drug-likeness (QED) is 0.860. The molecule has 104 valence electrons. The standard InChI is InChI=1S/C14H19ClN2O2/c1-13(2)9-14(3,19)17(12(18)16(13)4)11-7-5-6-10(15)8-11/h5-8,19H,9H2,1-4H3/t14-/m1/s1. The van der Waals surface area contributed by atoms with E-state index in [9.17, 15) is 9.90 Å². The van der Waals surface area contributed by atoms with Gasteiger partial charge in [0.15, 0.2) is 0 Å². The molecule has 1 saturated heterocycles. The van der Waals surface area contributed by atoms with E-state index in [0.717, 1.165) is 0 Å². The average Bonchev–Trinajstić information content (AvgIpc) is 2.24. The SMILES string of the molecule is CN1C(=O)N(c2cccc(Cl)c2)[C@](C)(O)CC1(C)C. The number of carbonyl (C=O) groups excluding carboxylic acids is 1. The fraction of sp³-hybridized carbons (Fsp3) is 0.500. The van der Waals surface area contributed by atoms with Gasteiger partial charge in [0.25, 0.3) is 0 Å². The van der Waals surface area contributed by atoms with Gasteiger partial charge in [-0.2, -0.15) is 0 Å². The molecule has 0 aromatic heterocycles. The number of rotatable bonds is 1. The topological polar surface area (TPSA) is 43.8 Å². The third-order valence-corrected chi connectivity index (χ3v) is 3.94. The van der Waals surface area contributed by atoms with Crippen molar-refractivity contribution in [3.8, 4) is 0 Å². The van der Waals surface area contributed by atoms with Crippen molar-refractivity contribution in [1.29, 1.82) is 0 Å². The Labute approximate surface area is 118 Å². The Balaban J connectivity index is 2.47.